The fraction of sp³-hybridized carbons (Fsp3) is 0.562. The smallest absolute Gasteiger partial charge is 0.101 e. The standard InChI is InChI=1S/C16H20ClN3/c17-16-11-15(4-3-13(16)12-18)20-9-5-14(6-10-20)19-7-1-2-8-19/h3-4,11,14H,1-2,5-10H2. The summed E-state index contributed by atoms with van der Waals surface area (Å²) in [6, 6.07) is 8.64. The van der Waals surface area contributed by atoms with Gasteiger partial charge in [0.15, 0.2) is 0 Å². The highest BCUT2D eigenvalue weighted by Crippen LogP contribution is 2.27. The van der Waals surface area contributed by atoms with Crippen molar-refractivity contribution in [1.82, 2.24) is 4.90 Å². The molecule has 0 amide bonds. The summed E-state index contributed by atoms with van der Waals surface area (Å²) in [7, 11) is 0. The number of nitriles is 1. The predicted molar refractivity (Wildman–Crippen MR) is 82.2 cm³/mol. The molecule has 2 aliphatic rings. The molecule has 0 unspecified atom stereocenters. The third kappa shape index (κ3) is 2.77. The number of hydrogen-bond acceptors (Lipinski definition) is 3. The van der Waals surface area contributed by atoms with E-state index in [1.807, 2.05) is 18.2 Å². The lowest BCUT2D eigenvalue weighted by Gasteiger charge is -2.37. The number of piperidine rings is 1. The first-order valence-electron chi connectivity index (χ1n) is 7.46. The van der Waals surface area contributed by atoms with E-state index >= 15 is 0 Å². The molecule has 2 saturated heterocycles. The quantitative estimate of drug-likeness (QED) is 0.837. The van der Waals surface area contributed by atoms with Crippen LogP contribution in [0.25, 0.3) is 0 Å². The molecule has 106 valence electrons. The summed E-state index contributed by atoms with van der Waals surface area (Å²) in [5.41, 5.74) is 1.70. The first-order chi connectivity index (χ1) is 9.78. The van der Waals surface area contributed by atoms with E-state index in [1.165, 1.54) is 38.8 Å². The molecule has 0 bridgehead atoms. The van der Waals surface area contributed by atoms with Crippen molar-refractivity contribution in [3.63, 3.8) is 0 Å². The molecule has 3 rings (SSSR count). The van der Waals surface area contributed by atoms with Gasteiger partial charge in [-0.25, -0.2) is 0 Å². The molecular formula is C16H20ClN3. The second-order valence-electron chi connectivity index (χ2n) is 5.74. The lowest BCUT2D eigenvalue weighted by atomic mass is 10.0. The zero-order chi connectivity index (χ0) is 13.9. The minimum Gasteiger partial charge on any atom is -0.371 e. The highest BCUT2D eigenvalue weighted by atomic mass is 35.5. The summed E-state index contributed by atoms with van der Waals surface area (Å²) < 4.78 is 0. The zero-order valence-electron chi connectivity index (χ0n) is 11.7. The lowest BCUT2D eigenvalue weighted by Crippen LogP contribution is -2.43. The summed E-state index contributed by atoms with van der Waals surface area (Å²) in [4.78, 5) is 5.04. The lowest BCUT2D eigenvalue weighted by molar-refractivity contribution is 0.208. The third-order valence-electron chi connectivity index (χ3n) is 4.56. The van der Waals surface area contributed by atoms with Crippen LogP contribution in [0.4, 0.5) is 5.69 Å². The molecule has 0 saturated carbocycles. The largest absolute Gasteiger partial charge is 0.371 e. The van der Waals surface area contributed by atoms with Gasteiger partial charge in [0.25, 0.3) is 0 Å². The van der Waals surface area contributed by atoms with Crippen LogP contribution < -0.4 is 4.90 Å². The Hall–Kier alpha value is -1.24. The van der Waals surface area contributed by atoms with Crippen LogP contribution in [0.1, 0.15) is 31.2 Å². The first-order valence-corrected chi connectivity index (χ1v) is 7.84. The Kier molecular flexibility index (Phi) is 4.14. The van der Waals surface area contributed by atoms with Crippen molar-refractivity contribution in [3.05, 3.63) is 28.8 Å². The molecule has 20 heavy (non-hydrogen) atoms. The second kappa shape index (κ2) is 6.03. The molecule has 4 heteroatoms. The number of halogens is 1. The molecular weight excluding hydrogens is 270 g/mol. The fourth-order valence-corrected chi connectivity index (χ4v) is 3.60. The highest BCUT2D eigenvalue weighted by Gasteiger charge is 2.26. The number of anilines is 1. The number of nitrogens with zero attached hydrogens (tertiary/aromatic N) is 3. The van der Waals surface area contributed by atoms with Crippen LogP contribution in [0.2, 0.25) is 5.02 Å². The van der Waals surface area contributed by atoms with Gasteiger partial charge in [0.1, 0.15) is 6.07 Å². The van der Waals surface area contributed by atoms with Crippen molar-refractivity contribution in [3.8, 4) is 6.07 Å². The summed E-state index contributed by atoms with van der Waals surface area (Å²) in [5.74, 6) is 0. The maximum atomic E-state index is 8.92. The molecule has 1 aromatic carbocycles. The van der Waals surface area contributed by atoms with Gasteiger partial charge in [-0.05, 0) is 57.0 Å². The maximum Gasteiger partial charge on any atom is 0.101 e. The fourth-order valence-electron chi connectivity index (χ4n) is 3.39. The molecule has 0 aliphatic carbocycles. The molecule has 2 heterocycles. The Bertz CT molecular complexity index is 509. The van der Waals surface area contributed by atoms with Gasteiger partial charge >= 0.3 is 0 Å². The molecule has 0 atom stereocenters. The van der Waals surface area contributed by atoms with Crippen LogP contribution in [0.3, 0.4) is 0 Å². The number of benzene rings is 1. The molecule has 0 N–H and O–H groups in total. The van der Waals surface area contributed by atoms with Gasteiger partial charge in [-0.15, -0.1) is 0 Å². The average molecular weight is 290 g/mol. The normalized spacial score (nSPS) is 21.1. The summed E-state index contributed by atoms with van der Waals surface area (Å²) >= 11 is 6.12. The Balaban J connectivity index is 1.63. The van der Waals surface area contributed by atoms with Crippen molar-refractivity contribution >= 4 is 17.3 Å². The molecule has 1 aromatic rings. The van der Waals surface area contributed by atoms with Gasteiger partial charge in [-0.1, -0.05) is 11.6 Å². The topological polar surface area (TPSA) is 30.3 Å². The Morgan fingerprint density at radius 1 is 1.10 bits per heavy atom. The van der Waals surface area contributed by atoms with Gasteiger partial charge in [0, 0.05) is 24.8 Å². The summed E-state index contributed by atoms with van der Waals surface area (Å²) in [6.45, 7) is 4.74. The Labute approximate surface area is 125 Å². The van der Waals surface area contributed by atoms with Gasteiger partial charge in [0.2, 0.25) is 0 Å². The number of rotatable bonds is 2. The maximum absolute atomic E-state index is 8.92. The minimum absolute atomic E-state index is 0.558. The monoisotopic (exact) mass is 289 g/mol. The van der Waals surface area contributed by atoms with E-state index in [1.54, 1.807) is 0 Å². The Morgan fingerprint density at radius 3 is 2.40 bits per heavy atom. The van der Waals surface area contributed by atoms with Crippen molar-refractivity contribution in [2.45, 2.75) is 31.7 Å². The zero-order valence-corrected chi connectivity index (χ0v) is 12.4. The van der Waals surface area contributed by atoms with E-state index in [0.717, 1.165) is 24.8 Å². The number of hydrogen-bond donors (Lipinski definition) is 0. The van der Waals surface area contributed by atoms with Gasteiger partial charge in [0.05, 0.1) is 10.6 Å². The van der Waals surface area contributed by atoms with Crippen molar-refractivity contribution < 1.29 is 0 Å². The average Bonchev–Trinajstić information content (AvgIpc) is 3.01. The SMILES string of the molecule is N#Cc1ccc(N2CCC(N3CCCC3)CC2)cc1Cl. The van der Waals surface area contributed by atoms with Crippen LogP contribution in [-0.2, 0) is 0 Å². The van der Waals surface area contributed by atoms with Crippen LogP contribution in [-0.4, -0.2) is 37.1 Å². The van der Waals surface area contributed by atoms with Crippen LogP contribution >= 0.6 is 11.6 Å². The van der Waals surface area contributed by atoms with E-state index in [2.05, 4.69) is 15.9 Å². The van der Waals surface area contributed by atoms with Crippen molar-refractivity contribution in [2.75, 3.05) is 31.1 Å². The summed E-state index contributed by atoms with van der Waals surface area (Å²) in [6.07, 6.45) is 5.20. The van der Waals surface area contributed by atoms with Crippen LogP contribution in [0, 0.1) is 11.3 Å². The number of likely N-dealkylation sites (tertiary alicyclic amines) is 1. The van der Waals surface area contributed by atoms with E-state index in [0.29, 0.717) is 10.6 Å². The summed E-state index contributed by atoms with van der Waals surface area (Å²) in [5, 5.41) is 9.48. The highest BCUT2D eigenvalue weighted by molar-refractivity contribution is 6.32. The van der Waals surface area contributed by atoms with E-state index in [4.69, 9.17) is 16.9 Å². The molecule has 3 nitrogen and oxygen atoms in total. The van der Waals surface area contributed by atoms with E-state index < -0.39 is 0 Å². The first kappa shape index (κ1) is 13.7. The Morgan fingerprint density at radius 2 is 1.80 bits per heavy atom. The predicted octanol–water partition coefficient (Wildman–Crippen LogP) is 3.28. The molecule has 0 radical (unpaired) electrons. The van der Waals surface area contributed by atoms with Gasteiger partial charge in [-0.2, -0.15) is 5.26 Å². The molecule has 0 aromatic heterocycles. The molecule has 2 fully saturated rings. The molecule has 2 aliphatic heterocycles. The van der Waals surface area contributed by atoms with Crippen molar-refractivity contribution in [2.24, 2.45) is 0 Å². The third-order valence-corrected chi connectivity index (χ3v) is 4.87. The second-order valence-corrected chi connectivity index (χ2v) is 6.14. The van der Waals surface area contributed by atoms with Gasteiger partial charge in [-0.3, -0.25) is 0 Å². The van der Waals surface area contributed by atoms with Gasteiger partial charge < -0.3 is 9.80 Å². The van der Waals surface area contributed by atoms with Crippen LogP contribution in [0.5, 0.6) is 0 Å². The van der Waals surface area contributed by atoms with Crippen molar-refractivity contribution in [1.29, 1.82) is 5.26 Å². The molecule has 0 spiro atoms. The van der Waals surface area contributed by atoms with E-state index in [-0.39, 0.29) is 0 Å². The minimum atomic E-state index is 0.558. The van der Waals surface area contributed by atoms with E-state index in [9.17, 15) is 0 Å². The van der Waals surface area contributed by atoms with Crippen LogP contribution in [0.15, 0.2) is 18.2 Å².